The van der Waals surface area contributed by atoms with Gasteiger partial charge in [-0.15, -0.1) is 12.6 Å². The fraction of sp³-hybridized carbons (Fsp3) is 0.333. The minimum atomic E-state index is 1.05. The van der Waals surface area contributed by atoms with Crippen molar-refractivity contribution in [2.24, 2.45) is 0 Å². The average molecular weight is 165 g/mol. The largest absolute Gasteiger partial charge is 0.374 e. The molecule has 0 saturated heterocycles. The SMILES string of the molecule is CN1CCc2ccc(S)cc21. The molecule has 0 aliphatic carbocycles. The van der Waals surface area contributed by atoms with Gasteiger partial charge in [0.05, 0.1) is 0 Å². The molecule has 1 nitrogen and oxygen atoms in total. The molecule has 0 atom stereocenters. The number of anilines is 1. The molecule has 0 unspecified atom stereocenters. The first-order chi connectivity index (χ1) is 5.27. The van der Waals surface area contributed by atoms with E-state index in [1.165, 1.54) is 17.7 Å². The van der Waals surface area contributed by atoms with Gasteiger partial charge in [-0.2, -0.15) is 0 Å². The van der Waals surface area contributed by atoms with Crippen LogP contribution in [0.4, 0.5) is 5.69 Å². The van der Waals surface area contributed by atoms with Gasteiger partial charge in [-0.1, -0.05) is 6.07 Å². The Bertz CT molecular complexity index is 283. The number of fused-ring (bicyclic) bond motifs is 1. The summed E-state index contributed by atoms with van der Waals surface area (Å²) in [5.41, 5.74) is 2.79. The Morgan fingerprint density at radius 1 is 1.45 bits per heavy atom. The van der Waals surface area contributed by atoms with Crippen molar-refractivity contribution in [1.29, 1.82) is 0 Å². The van der Waals surface area contributed by atoms with Crippen LogP contribution in [-0.4, -0.2) is 13.6 Å². The summed E-state index contributed by atoms with van der Waals surface area (Å²) in [6.45, 7) is 1.15. The van der Waals surface area contributed by atoms with Gasteiger partial charge in [0, 0.05) is 24.2 Å². The summed E-state index contributed by atoms with van der Waals surface area (Å²) in [6, 6.07) is 6.35. The highest BCUT2D eigenvalue weighted by Gasteiger charge is 2.14. The number of hydrogen-bond acceptors (Lipinski definition) is 2. The van der Waals surface area contributed by atoms with Crippen LogP contribution in [0.2, 0.25) is 0 Å². The van der Waals surface area contributed by atoms with Crippen LogP contribution in [0.5, 0.6) is 0 Å². The maximum atomic E-state index is 4.30. The molecule has 0 radical (unpaired) electrons. The van der Waals surface area contributed by atoms with E-state index in [1.54, 1.807) is 0 Å². The molecule has 2 heteroatoms. The van der Waals surface area contributed by atoms with Crippen molar-refractivity contribution < 1.29 is 0 Å². The fourth-order valence-corrected chi connectivity index (χ4v) is 1.72. The van der Waals surface area contributed by atoms with Gasteiger partial charge in [0.25, 0.3) is 0 Å². The third-order valence-electron chi connectivity index (χ3n) is 2.20. The summed E-state index contributed by atoms with van der Waals surface area (Å²) in [6.07, 6.45) is 1.18. The molecule has 1 heterocycles. The van der Waals surface area contributed by atoms with E-state index in [4.69, 9.17) is 0 Å². The number of nitrogens with zero attached hydrogens (tertiary/aromatic N) is 1. The van der Waals surface area contributed by atoms with E-state index in [1.807, 2.05) is 0 Å². The first-order valence-corrected chi connectivity index (χ1v) is 4.25. The highest BCUT2D eigenvalue weighted by molar-refractivity contribution is 7.80. The Hall–Kier alpha value is -0.630. The summed E-state index contributed by atoms with van der Waals surface area (Å²) < 4.78 is 0. The molecule has 0 fully saturated rings. The van der Waals surface area contributed by atoms with E-state index < -0.39 is 0 Å². The van der Waals surface area contributed by atoms with E-state index in [2.05, 4.69) is 42.8 Å². The third-order valence-corrected chi connectivity index (χ3v) is 2.47. The zero-order valence-electron chi connectivity index (χ0n) is 6.54. The Morgan fingerprint density at radius 2 is 2.27 bits per heavy atom. The summed E-state index contributed by atoms with van der Waals surface area (Å²) in [7, 11) is 2.12. The molecule has 0 aromatic heterocycles. The van der Waals surface area contributed by atoms with Crippen molar-refractivity contribution in [3.8, 4) is 0 Å². The maximum absolute atomic E-state index is 4.30. The van der Waals surface area contributed by atoms with E-state index in [9.17, 15) is 0 Å². The number of thiol groups is 1. The lowest BCUT2D eigenvalue weighted by Gasteiger charge is -2.11. The molecule has 0 saturated carbocycles. The molecule has 1 aliphatic heterocycles. The third kappa shape index (κ3) is 1.11. The zero-order chi connectivity index (χ0) is 7.84. The van der Waals surface area contributed by atoms with Crippen LogP contribution in [-0.2, 0) is 6.42 Å². The Kier molecular flexibility index (Phi) is 1.57. The van der Waals surface area contributed by atoms with Gasteiger partial charge in [0.2, 0.25) is 0 Å². The van der Waals surface area contributed by atoms with Crippen LogP contribution in [0, 0.1) is 0 Å². The van der Waals surface area contributed by atoms with Crippen molar-refractivity contribution in [3.05, 3.63) is 23.8 Å². The van der Waals surface area contributed by atoms with E-state index in [-0.39, 0.29) is 0 Å². The van der Waals surface area contributed by atoms with E-state index in [0.717, 1.165) is 11.4 Å². The zero-order valence-corrected chi connectivity index (χ0v) is 7.44. The molecular formula is C9H11NS. The quantitative estimate of drug-likeness (QED) is 0.575. The summed E-state index contributed by atoms with van der Waals surface area (Å²) in [4.78, 5) is 3.33. The van der Waals surface area contributed by atoms with E-state index >= 15 is 0 Å². The first-order valence-electron chi connectivity index (χ1n) is 3.80. The van der Waals surface area contributed by atoms with Gasteiger partial charge in [0.1, 0.15) is 0 Å². The smallest absolute Gasteiger partial charge is 0.0408 e. The molecule has 1 aromatic rings. The van der Waals surface area contributed by atoms with Crippen LogP contribution in [0.3, 0.4) is 0 Å². The van der Waals surface area contributed by atoms with Crippen LogP contribution in [0.1, 0.15) is 5.56 Å². The molecular weight excluding hydrogens is 154 g/mol. The Labute approximate surface area is 72.4 Å². The predicted molar refractivity (Wildman–Crippen MR) is 50.7 cm³/mol. The average Bonchev–Trinajstić information content (AvgIpc) is 2.33. The molecule has 11 heavy (non-hydrogen) atoms. The van der Waals surface area contributed by atoms with Crippen molar-refractivity contribution in [3.63, 3.8) is 0 Å². The van der Waals surface area contributed by atoms with Crippen LogP contribution < -0.4 is 4.90 Å². The number of likely N-dealkylation sites (N-methyl/N-ethyl adjacent to an activating group) is 1. The number of rotatable bonds is 0. The van der Waals surface area contributed by atoms with Gasteiger partial charge < -0.3 is 4.90 Å². The minimum absolute atomic E-state index is 1.05. The van der Waals surface area contributed by atoms with Gasteiger partial charge in [-0.3, -0.25) is 0 Å². The highest BCUT2D eigenvalue weighted by atomic mass is 32.1. The van der Waals surface area contributed by atoms with Gasteiger partial charge >= 0.3 is 0 Å². The normalized spacial score (nSPS) is 15.3. The second-order valence-electron chi connectivity index (χ2n) is 2.98. The molecule has 0 N–H and O–H groups in total. The van der Waals surface area contributed by atoms with Crippen molar-refractivity contribution in [1.82, 2.24) is 0 Å². The van der Waals surface area contributed by atoms with Crippen LogP contribution in [0.25, 0.3) is 0 Å². The lowest BCUT2D eigenvalue weighted by Crippen LogP contribution is -2.12. The second-order valence-corrected chi connectivity index (χ2v) is 3.50. The molecule has 0 bridgehead atoms. The highest BCUT2D eigenvalue weighted by Crippen LogP contribution is 2.28. The second kappa shape index (κ2) is 2.45. The fourth-order valence-electron chi connectivity index (χ4n) is 1.53. The Balaban J connectivity index is 2.52. The van der Waals surface area contributed by atoms with Crippen LogP contribution in [0.15, 0.2) is 23.1 Å². The van der Waals surface area contributed by atoms with E-state index in [0.29, 0.717) is 0 Å². The topological polar surface area (TPSA) is 3.24 Å². The van der Waals surface area contributed by atoms with Gasteiger partial charge in [-0.05, 0) is 24.1 Å². The number of benzene rings is 1. The molecule has 1 aromatic carbocycles. The predicted octanol–water partition coefficient (Wildman–Crippen LogP) is 1.97. The minimum Gasteiger partial charge on any atom is -0.374 e. The lowest BCUT2D eigenvalue weighted by atomic mass is 10.2. The van der Waals surface area contributed by atoms with Crippen molar-refractivity contribution in [2.75, 3.05) is 18.5 Å². The van der Waals surface area contributed by atoms with Crippen molar-refractivity contribution in [2.45, 2.75) is 11.3 Å². The lowest BCUT2D eigenvalue weighted by molar-refractivity contribution is 0.956. The molecule has 1 aliphatic rings. The van der Waals surface area contributed by atoms with Gasteiger partial charge in [0.15, 0.2) is 0 Å². The summed E-state index contributed by atoms with van der Waals surface area (Å²) in [5.74, 6) is 0. The summed E-state index contributed by atoms with van der Waals surface area (Å²) in [5, 5.41) is 0. The molecule has 58 valence electrons. The van der Waals surface area contributed by atoms with Crippen molar-refractivity contribution >= 4 is 18.3 Å². The molecule has 0 amide bonds. The first kappa shape index (κ1) is 7.04. The van der Waals surface area contributed by atoms with Gasteiger partial charge in [-0.25, -0.2) is 0 Å². The molecule has 2 rings (SSSR count). The standard InChI is InChI=1S/C9H11NS/c1-10-5-4-7-2-3-8(11)6-9(7)10/h2-3,6,11H,4-5H2,1H3. The summed E-state index contributed by atoms with van der Waals surface area (Å²) >= 11 is 4.30. The monoisotopic (exact) mass is 165 g/mol. The number of hydrogen-bond donors (Lipinski definition) is 1. The maximum Gasteiger partial charge on any atom is 0.0408 e. The van der Waals surface area contributed by atoms with Crippen LogP contribution >= 0.6 is 12.6 Å². The Morgan fingerprint density at radius 3 is 3.09 bits per heavy atom. The molecule has 0 spiro atoms.